The van der Waals surface area contributed by atoms with Crippen LogP contribution in [0.1, 0.15) is 24.1 Å². The molecule has 1 aromatic rings. The fourth-order valence-electron chi connectivity index (χ4n) is 1.41. The van der Waals surface area contributed by atoms with Gasteiger partial charge in [0.2, 0.25) is 0 Å². The van der Waals surface area contributed by atoms with Gasteiger partial charge in [0, 0.05) is 25.7 Å². The van der Waals surface area contributed by atoms with Gasteiger partial charge >= 0.3 is 0 Å². The Morgan fingerprint density at radius 2 is 2.12 bits per heavy atom. The van der Waals surface area contributed by atoms with E-state index in [4.69, 9.17) is 10.5 Å². The van der Waals surface area contributed by atoms with E-state index in [1.165, 1.54) is 4.90 Å². The molecule has 0 unspecified atom stereocenters. The second kappa shape index (κ2) is 5.68. The van der Waals surface area contributed by atoms with E-state index in [2.05, 4.69) is 0 Å². The number of hydrogen-bond donors (Lipinski definition) is 1. The summed E-state index contributed by atoms with van der Waals surface area (Å²) in [5.41, 5.74) is 7.86. The first-order valence-electron chi connectivity index (χ1n) is 5.61. The van der Waals surface area contributed by atoms with E-state index in [-0.39, 0.29) is 18.6 Å². The molecule has 0 radical (unpaired) electrons. The lowest BCUT2D eigenvalue weighted by atomic mass is 10.1. The van der Waals surface area contributed by atoms with Crippen LogP contribution in [0.25, 0.3) is 0 Å². The van der Waals surface area contributed by atoms with E-state index in [1.807, 2.05) is 32.0 Å². The molecule has 0 aliphatic heterocycles. The Morgan fingerprint density at radius 1 is 1.47 bits per heavy atom. The molecule has 0 saturated heterocycles. The van der Waals surface area contributed by atoms with Crippen molar-refractivity contribution in [3.63, 3.8) is 0 Å². The number of benzene rings is 1. The summed E-state index contributed by atoms with van der Waals surface area (Å²) in [6.45, 7) is 3.91. The first kappa shape index (κ1) is 13.5. The van der Waals surface area contributed by atoms with E-state index in [0.29, 0.717) is 5.75 Å². The maximum atomic E-state index is 11.5. The summed E-state index contributed by atoms with van der Waals surface area (Å²) in [7, 11) is 3.41. The number of likely N-dealkylation sites (N-methyl/N-ethyl adjacent to an activating group) is 1. The second-order valence-electron chi connectivity index (χ2n) is 4.41. The van der Waals surface area contributed by atoms with Gasteiger partial charge in [0.15, 0.2) is 6.61 Å². The summed E-state index contributed by atoms with van der Waals surface area (Å²) in [6.07, 6.45) is 0. The molecule has 0 aliphatic carbocycles. The maximum absolute atomic E-state index is 11.5. The van der Waals surface area contributed by atoms with Crippen LogP contribution >= 0.6 is 0 Å². The number of aryl methyl sites for hydroxylation is 1. The summed E-state index contributed by atoms with van der Waals surface area (Å²) in [4.78, 5) is 13.0. The molecule has 2 N–H and O–H groups in total. The van der Waals surface area contributed by atoms with Gasteiger partial charge in [-0.3, -0.25) is 4.79 Å². The number of nitrogens with zero attached hydrogens (tertiary/aromatic N) is 1. The minimum absolute atomic E-state index is 0.0379. The number of amides is 1. The predicted octanol–water partition coefficient (Wildman–Crippen LogP) is 1.48. The van der Waals surface area contributed by atoms with Gasteiger partial charge in [-0.15, -0.1) is 0 Å². The molecule has 17 heavy (non-hydrogen) atoms. The average Bonchev–Trinajstić information content (AvgIpc) is 2.25. The van der Waals surface area contributed by atoms with E-state index in [1.54, 1.807) is 14.1 Å². The Hall–Kier alpha value is -1.55. The lowest BCUT2D eigenvalue weighted by molar-refractivity contribution is -0.130. The van der Waals surface area contributed by atoms with Crippen LogP contribution in [0.2, 0.25) is 0 Å². The van der Waals surface area contributed by atoms with Crippen molar-refractivity contribution in [3.05, 3.63) is 29.3 Å². The molecule has 1 amide bonds. The monoisotopic (exact) mass is 236 g/mol. The zero-order valence-corrected chi connectivity index (χ0v) is 10.9. The molecule has 0 bridgehead atoms. The predicted molar refractivity (Wildman–Crippen MR) is 68.0 cm³/mol. The van der Waals surface area contributed by atoms with Crippen LogP contribution in [-0.2, 0) is 4.79 Å². The van der Waals surface area contributed by atoms with Gasteiger partial charge in [0.25, 0.3) is 5.91 Å². The molecule has 4 nitrogen and oxygen atoms in total. The Balaban J connectivity index is 2.82. The van der Waals surface area contributed by atoms with Gasteiger partial charge in [0.05, 0.1) is 0 Å². The summed E-state index contributed by atoms with van der Waals surface area (Å²) in [5, 5.41) is 0. The summed E-state index contributed by atoms with van der Waals surface area (Å²) < 4.78 is 5.53. The third-order valence-electron chi connectivity index (χ3n) is 2.51. The van der Waals surface area contributed by atoms with Crippen molar-refractivity contribution in [2.24, 2.45) is 5.73 Å². The molecule has 1 rings (SSSR count). The van der Waals surface area contributed by atoms with E-state index in [9.17, 15) is 4.79 Å². The number of rotatable bonds is 4. The normalized spacial score (nSPS) is 12.1. The molecule has 0 spiro atoms. The van der Waals surface area contributed by atoms with E-state index in [0.717, 1.165) is 11.1 Å². The van der Waals surface area contributed by atoms with Crippen LogP contribution in [0, 0.1) is 6.92 Å². The number of hydrogen-bond acceptors (Lipinski definition) is 3. The standard InChI is InChI=1S/C13H20N2O2/c1-9-5-6-11(10(2)14)12(7-9)17-8-13(16)15(3)4/h5-7,10H,8,14H2,1-4H3/t10-/m1/s1. The minimum Gasteiger partial charge on any atom is -0.483 e. The van der Waals surface area contributed by atoms with Crippen molar-refractivity contribution >= 4 is 5.91 Å². The molecular weight excluding hydrogens is 216 g/mol. The van der Waals surface area contributed by atoms with Crippen LogP contribution in [0.3, 0.4) is 0 Å². The summed E-state index contributed by atoms with van der Waals surface area (Å²) in [5.74, 6) is 0.623. The van der Waals surface area contributed by atoms with Gasteiger partial charge in [-0.1, -0.05) is 12.1 Å². The van der Waals surface area contributed by atoms with Gasteiger partial charge in [0.1, 0.15) is 5.75 Å². The van der Waals surface area contributed by atoms with Crippen molar-refractivity contribution in [1.82, 2.24) is 4.90 Å². The van der Waals surface area contributed by atoms with Gasteiger partial charge in [-0.05, 0) is 25.5 Å². The maximum Gasteiger partial charge on any atom is 0.259 e. The number of carbonyl (C=O) groups excluding carboxylic acids is 1. The molecule has 1 aromatic carbocycles. The summed E-state index contributed by atoms with van der Waals surface area (Å²) >= 11 is 0. The van der Waals surface area contributed by atoms with Gasteiger partial charge in [-0.2, -0.15) is 0 Å². The molecule has 0 heterocycles. The van der Waals surface area contributed by atoms with E-state index >= 15 is 0 Å². The van der Waals surface area contributed by atoms with Crippen molar-refractivity contribution in [2.75, 3.05) is 20.7 Å². The van der Waals surface area contributed by atoms with Crippen LogP contribution in [0.5, 0.6) is 5.75 Å². The average molecular weight is 236 g/mol. The highest BCUT2D eigenvalue weighted by Crippen LogP contribution is 2.25. The van der Waals surface area contributed by atoms with Gasteiger partial charge in [-0.25, -0.2) is 0 Å². The number of ether oxygens (including phenoxy) is 1. The Kier molecular flexibility index (Phi) is 4.52. The van der Waals surface area contributed by atoms with E-state index < -0.39 is 0 Å². The SMILES string of the molecule is Cc1ccc([C@@H](C)N)c(OCC(=O)N(C)C)c1. The zero-order chi connectivity index (χ0) is 13.0. The minimum atomic E-state index is -0.111. The highest BCUT2D eigenvalue weighted by Gasteiger charge is 2.11. The molecular formula is C13H20N2O2. The highest BCUT2D eigenvalue weighted by molar-refractivity contribution is 5.77. The second-order valence-corrected chi connectivity index (χ2v) is 4.41. The lowest BCUT2D eigenvalue weighted by Crippen LogP contribution is -2.27. The van der Waals surface area contributed by atoms with Crippen molar-refractivity contribution in [2.45, 2.75) is 19.9 Å². The zero-order valence-electron chi connectivity index (χ0n) is 10.9. The number of carbonyl (C=O) groups is 1. The molecule has 1 atom stereocenters. The fraction of sp³-hybridized carbons (Fsp3) is 0.462. The molecule has 94 valence electrons. The van der Waals surface area contributed by atoms with Crippen LogP contribution < -0.4 is 10.5 Å². The Bertz CT molecular complexity index is 400. The Morgan fingerprint density at radius 3 is 2.65 bits per heavy atom. The topological polar surface area (TPSA) is 55.6 Å². The van der Waals surface area contributed by atoms with Crippen molar-refractivity contribution < 1.29 is 9.53 Å². The van der Waals surface area contributed by atoms with Crippen LogP contribution in [0.15, 0.2) is 18.2 Å². The molecule has 0 fully saturated rings. The lowest BCUT2D eigenvalue weighted by Gasteiger charge is -2.16. The fourth-order valence-corrected chi connectivity index (χ4v) is 1.41. The van der Waals surface area contributed by atoms with Crippen molar-refractivity contribution in [3.8, 4) is 5.75 Å². The van der Waals surface area contributed by atoms with Gasteiger partial charge < -0.3 is 15.4 Å². The number of nitrogens with two attached hydrogens (primary N) is 1. The van der Waals surface area contributed by atoms with Crippen LogP contribution in [0.4, 0.5) is 0 Å². The van der Waals surface area contributed by atoms with Crippen LogP contribution in [-0.4, -0.2) is 31.5 Å². The largest absolute Gasteiger partial charge is 0.483 e. The summed E-state index contributed by atoms with van der Waals surface area (Å²) in [6, 6.07) is 5.72. The molecule has 0 aromatic heterocycles. The highest BCUT2D eigenvalue weighted by atomic mass is 16.5. The van der Waals surface area contributed by atoms with Crippen molar-refractivity contribution in [1.29, 1.82) is 0 Å². The third kappa shape index (κ3) is 3.75. The first-order valence-corrected chi connectivity index (χ1v) is 5.61. The molecule has 4 heteroatoms. The first-order chi connectivity index (χ1) is 7.91. The smallest absolute Gasteiger partial charge is 0.259 e. The molecule has 0 aliphatic rings. The Labute approximate surface area is 102 Å². The quantitative estimate of drug-likeness (QED) is 0.861. The third-order valence-corrected chi connectivity index (χ3v) is 2.51. The molecule has 0 saturated carbocycles.